The number of hydrogen-bond acceptors (Lipinski definition) is 5. The van der Waals surface area contributed by atoms with Crippen LogP contribution in [0, 0.1) is 6.92 Å². The van der Waals surface area contributed by atoms with Crippen LogP contribution in [0.5, 0.6) is 0 Å². The van der Waals surface area contributed by atoms with Crippen molar-refractivity contribution in [2.24, 2.45) is 0 Å². The van der Waals surface area contributed by atoms with Crippen molar-refractivity contribution in [1.29, 1.82) is 0 Å². The smallest absolute Gasteiger partial charge is 0.244 e. The first-order valence-electron chi connectivity index (χ1n) is 8.92. The van der Waals surface area contributed by atoms with Crippen LogP contribution in [0.25, 0.3) is 6.08 Å². The molecule has 2 aromatic rings. The lowest BCUT2D eigenvalue weighted by Gasteiger charge is -2.25. The van der Waals surface area contributed by atoms with E-state index in [-0.39, 0.29) is 5.91 Å². The third-order valence-electron chi connectivity index (χ3n) is 4.39. The molecule has 0 atom stereocenters. The molecule has 1 saturated heterocycles. The fourth-order valence-electron chi connectivity index (χ4n) is 2.90. The molecule has 1 aromatic carbocycles. The van der Waals surface area contributed by atoms with Crippen molar-refractivity contribution >= 4 is 33.3 Å². The first kappa shape index (κ1) is 19.7. The van der Waals surface area contributed by atoms with Gasteiger partial charge in [0.05, 0.1) is 15.6 Å². The lowest BCUT2D eigenvalue weighted by molar-refractivity contribution is -0.116. The van der Waals surface area contributed by atoms with Gasteiger partial charge in [-0.05, 0) is 43.5 Å². The van der Waals surface area contributed by atoms with Gasteiger partial charge in [0.15, 0.2) is 0 Å². The number of carbonyl (C=O) groups excluding carboxylic acids is 1. The Morgan fingerprint density at radius 3 is 2.56 bits per heavy atom. The van der Waals surface area contributed by atoms with Crippen molar-refractivity contribution in [2.45, 2.75) is 37.6 Å². The average Bonchev–Trinajstić information content (AvgIpc) is 3.11. The second-order valence-corrected chi connectivity index (χ2v) is 9.45. The standard InChI is InChI=1S/C19H23N3O3S2/c1-15-21-17(14-26-15)7-10-19(23)20-13-16-5-8-18(9-6-16)27(24,25)22-11-3-2-4-12-22/h5-10,14H,2-4,11-13H2,1H3,(H,20,23)/b10-7+. The summed E-state index contributed by atoms with van der Waals surface area (Å²) in [4.78, 5) is 16.5. The lowest BCUT2D eigenvalue weighted by Crippen LogP contribution is -2.35. The van der Waals surface area contributed by atoms with Crippen LogP contribution in [0.3, 0.4) is 0 Å². The molecule has 0 spiro atoms. The molecule has 1 aliphatic rings. The Morgan fingerprint density at radius 1 is 1.22 bits per heavy atom. The number of amides is 1. The predicted octanol–water partition coefficient (Wildman–Crippen LogP) is 2.96. The zero-order chi connectivity index (χ0) is 19.3. The number of nitrogens with zero attached hydrogens (tertiary/aromatic N) is 2. The van der Waals surface area contributed by atoms with E-state index < -0.39 is 10.0 Å². The van der Waals surface area contributed by atoms with Gasteiger partial charge in [-0.3, -0.25) is 4.79 Å². The molecule has 27 heavy (non-hydrogen) atoms. The third kappa shape index (κ3) is 5.24. The number of hydrogen-bond donors (Lipinski definition) is 1. The minimum absolute atomic E-state index is 0.217. The number of sulfonamides is 1. The lowest BCUT2D eigenvalue weighted by atomic mass is 10.2. The zero-order valence-corrected chi connectivity index (χ0v) is 16.9. The van der Waals surface area contributed by atoms with Crippen LogP contribution in [0.1, 0.15) is 35.5 Å². The summed E-state index contributed by atoms with van der Waals surface area (Å²) >= 11 is 1.53. The second-order valence-electron chi connectivity index (χ2n) is 6.45. The van der Waals surface area contributed by atoms with E-state index >= 15 is 0 Å². The summed E-state index contributed by atoms with van der Waals surface area (Å²) in [7, 11) is -3.42. The van der Waals surface area contributed by atoms with Crippen molar-refractivity contribution in [3.05, 3.63) is 52.0 Å². The number of thiazole rings is 1. The SMILES string of the molecule is Cc1nc(/C=C/C(=O)NCc2ccc(S(=O)(=O)N3CCCCC3)cc2)cs1. The van der Waals surface area contributed by atoms with Crippen LogP contribution in [-0.4, -0.2) is 36.7 Å². The van der Waals surface area contributed by atoms with Gasteiger partial charge in [-0.2, -0.15) is 4.31 Å². The van der Waals surface area contributed by atoms with Gasteiger partial charge in [0.2, 0.25) is 15.9 Å². The molecule has 0 saturated carbocycles. The van der Waals surface area contributed by atoms with Crippen molar-refractivity contribution in [1.82, 2.24) is 14.6 Å². The van der Waals surface area contributed by atoms with Gasteiger partial charge in [-0.15, -0.1) is 11.3 Å². The van der Waals surface area contributed by atoms with Gasteiger partial charge in [0, 0.05) is 31.1 Å². The van der Waals surface area contributed by atoms with Crippen LogP contribution in [0.15, 0.2) is 40.6 Å². The predicted molar refractivity (Wildman–Crippen MR) is 107 cm³/mol. The number of carbonyl (C=O) groups is 1. The molecule has 1 aliphatic heterocycles. The van der Waals surface area contributed by atoms with Crippen molar-refractivity contribution in [3.8, 4) is 0 Å². The minimum Gasteiger partial charge on any atom is -0.348 e. The topological polar surface area (TPSA) is 79.4 Å². The Balaban J connectivity index is 1.55. The summed E-state index contributed by atoms with van der Waals surface area (Å²) in [5, 5.41) is 5.63. The number of piperidine rings is 1. The normalized spacial score (nSPS) is 15.9. The Hall–Kier alpha value is -2.03. The average molecular weight is 406 g/mol. The van der Waals surface area contributed by atoms with Gasteiger partial charge >= 0.3 is 0 Å². The highest BCUT2D eigenvalue weighted by Gasteiger charge is 2.25. The minimum atomic E-state index is -3.42. The van der Waals surface area contributed by atoms with Crippen molar-refractivity contribution in [2.75, 3.05) is 13.1 Å². The van der Waals surface area contributed by atoms with Gasteiger partial charge < -0.3 is 5.32 Å². The maximum Gasteiger partial charge on any atom is 0.244 e. The monoisotopic (exact) mass is 405 g/mol. The zero-order valence-electron chi connectivity index (χ0n) is 15.2. The van der Waals surface area contributed by atoms with E-state index in [0.29, 0.717) is 24.5 Å². The van der Waals surface area contributed by atoms with Crippen LogP contribution in [0.4, 0.5) is 0 Å². The van der Waals surface area contributed by atoms with E-state index in [9.17, 15) is 13.2 Å². The van der Waals surface area contributed by atoms with E-state index in [1.165, 1.54) is 17.4 Å². The fraction of sp³-hybridized carbons (Fsp3) is 0.368. The first-order chi connectivity index (χ1) is 12.9. The molecule has 144 valence electrons. The van der Waals surface area contributed by atoms with Gasteiger partial charge in [-0.25, -0.2) is 13.4 Å². The van der Waals surface area contributed by atoms with E-state index in [0.717, 1.165) is 35.5 Å². The van der Waals surface area contributed by atoms with E-state index in [4.69, 9.17) is 0 Å². The number of aryl methyl sites for hydroxylation is 1. The van der Waals surface area contributed by atoms with E-state index in [2.05, 4.69) is 10.3 Å². The van der Waals surface area contributed by atoms with Crippen molar-refractivity contribution in [3.63, 3.8) is 0 Å². The van der Waals surface area contributed by atoms with Crippen LogP contribution >= 0.6 is 11.3 Å². The molecule has 0 bridgehead atoms. The number of benzene rings is 1. The Morgan fingerprint density at radius 2 is 1.93 bits per heavy atom. The Kier molecular flexibility index (Phi) is 6.41. The van der Waals surface area contributed by atoms with Crippen molar-refractivity contribution < 1.29 is 13.2 Å². The van der Waals surface area contributed by atoms with Gasteiger partial charge in [-0.1, -0.05) is 18.6 Å². The first-order valence-corrected chi connectivity index (χ1v) is 11.2. The molecule has 1 amide bonds. The number of nitrogens with one attached hydrogen (secondary N) is 1. The molecule has 1 fully saturated rings. The number of aromatic nitrogens is 1. The summed E-state index contributed by atoms with van der Waals surface area (Å²) in [5.41, 5.74) is 1.61. The summed E-state index contributed by atoms with van der Waals surface area (Å²) in [6.07, 6.45) is 6.03. The van der Waals surface area contributed by atoms with E-state index in [1.807, 2.05) is 12.3 Å². The summed E-state index contributed by atoms with van der Waals surface area (Å²) in [5.74, 6) is -0.217. The highest BCUT2D eigenvalue weighted by atomic mass is 32.2. The van der Waals surface area contributed by atoms with Crippen LogP contribution < -0.4 is 5.32 Å². The van der Waals surface area contributed by atoms with Crippen LogP contribution in [0.2, 0.25) is 0 Å². The fourth-order valence-corrected chi connectivity index (χ4v) is 5.00. The Bertz CT molecular complexity index is 912. The molecule has 6 nitrogen and oxygen atoms in total. The molecular formula is C19H23N3O3S2. The number of rotatable bonds is 6. The molecule has 2 heterocycles. The summed E-state index contributed by atoms with van der Waals surface area (Å²) < 4.78 is 26.8. The molecule has 1 N–H and O–H groups in total. The molecule has 3 rings (SSSR count). The third-order valence-corrected chi connectivity index (χ3v) is 7.09. The molecule has 0 unspecified atom stereocenters. The van der Waals surface area contributed by atoms with Crippen LogP contribution in [-0.2, 0) is 21.4 Å². The molecule has 1 aromatic heterocycles. The quantitative estimate of drug-likeness (QED) is 0.750. The largest absolute Gasteiger partial charge is 0.348 e. The molecule has 0 radical (unpaired) electrons. The maximum atomic E-state index is 12.6. The summed E-state index contributed by atoms with van der Waals surface area (Å²) in [6.45, 7) is 3.43. The second kappa shape index (κ2) is 8.77. The van der Waals surface area contributed by atoms with E-state index in [1.54, 1.807) is 34.6 Å². The highest BCUT2D eigenvalue weighted by molar-refractivity contribution is 7.89. The van der Waals surface area contributed by atoms with Gasteiger partial charge in [0.1, 0.15) is 0 Å². The van der Waals surface area contributed by atoms with Gasteiger partial charge in [0.25, 0.3) is 0 Å². The molecule has 8 heteroatoms. The molecular weight excluding hydrogens is 382 g/mol. The Labute approximate surface area is 164 Å². The maximum absolute atomic E-state index is 12.6. The summed E-state index contributed by atoms with van der Waals surface area (Å²) in [6, 6.07) is 6.70. The highest BCUT2D eigenvalue weighted by Crippen LogP contribution is 2.20. The molecule has 0 aliphatic carbocycles.